The molecule has 0 radical (unpaired) electrons. The molecule has 1 aliphatic rings. The van der Waals surface area contributed by atoms with E-state index in [0.717, 1.165) is 17.7 Å². The highest BCUT2D eigenvalue weighted by molar-refractivity contribution is 8.26. The maximum atomic E-state index is 12.6. The van der Waals surface area contributed by atoms with Crippen LogP contribution in [0, 0.1) is 0 Å². The molecule has 1 aromatic heterocycles. The van der Waals surface area contributed by atoms with Gasteiger partial charge in [-0.1, -0.05) is 36.1 Å². The number of methoxy groups -OCH3 is 1. The van der Waals surface area contributed by atoms with Crippen LogP contribution in [0.25, 0.3) is 6.08 Å². The Hall–Kier alpha value is -1.74. The fourth-order valence-electron chi connectivity index (χ4n) is 2.30. The highest BCUT2D eigenvalue weighted by Gasteiger charge is 2.31. The van der Waals surface area contributed by atoms with Crippen molar-refractivity contribution in [2.75, 3.05) is 13.7 Å². The van der Waals surface area contributed by atoms with Gasteiger partial charge in [0.1, 0.15) is 15.1 Å². The molecule has 0 saturated carbocycles. The van der Waals surface area contributed by atoms with E-state index in [2.05, 4.69) is 4.98 Å². The van der Waals surface area contributed by atoms with Crippen molar-refractivity contribution in [3.63, 3.8) is 0 Å². The Morgan fingerprint density at radius 1 is 1.36 bits per heavy atom. The number of aromatic nitrogens is 1. The van der Waals surface area contributed by atoms with Crippen LogP contribution in [-0.2, 0) is 17.8 Å². The number of carbonyl (C=O) groups is 1. The molecular weight excluding hydrogens is 376 g/mol. The Bertz CT molecular complexity index is 815. The summed E-state index contributed by atoms with van der Waals surface area (Å²) in [4.78, 5) is 19.0. The van der Waals surface area contributed by atoms with Crippen LogP contribution in [0.3, 0.4) is 0 Å². The number of thioether (sulfide) groups is 1. The molecule has 1 saturated heterocycles. The summed E-state index contributed by atoms with van der Waals surface area (Å²) in [6, 6.07) is 7.78. The lowest BCUT2D eigenvalue weighted by molar-refractivity contribution is -0.122. The second kappa shape index (κ2) is 8.09. The maximum Gasteiger partial charge on any atom is 0.266 e. The molecule has 0 unspecified atom stereocenters. The van der Waals surface area contributed by atoms with Crippen molar-refractivity contribution in [1.82, 2.24) is 9.88 Å². The zero-order valence-corrected chi connectivity index (χ0v) is 15.9. The van der Waals surface area contributed by atoms with Gasteiger partial charge in [0, 0.05) is 11.9 Å². The summed E-state index contributed by atoms with van der Waals surface area (Å²) in [6.07, 6.45) is 2.45. The van der Waals surface area contributed by atoms with Gasteiger partial charge in [-0.05, 0) is 30.2 Å². The zero-order chi connectivity index (χ0) is 17.8. The molecule has 1 aromatic carbocycles. The second-order valence-corrected chi connectivity index (χ2v) is 7.83. The number of ether oxygens (including phenoxy) is 1. The third-order valence-electron chi connectivity index (χ3n) is 3.64. The summed E-state index contributed by atoms with van der Waals surface area (Å²) >= 11 is 8.02. The minimum absolute atomic E-state index is 0.0933. The smallest absolute Gasteiger partial charge is 0.266 e. The number of hydrogen-bond acceptors (Lipinski definition) is 7. The highest BCUT2D eigenvalue weighted by Crippen LogP contribution is 2.33. The van der Waals surface area contributed by atoms with E-state index in [4.69, 9.17) is 22.1 Å². The van der Waals surface area contributed by atoms with Crippen LogP contribution in [0.5, 0.6) is 5.75 Å². The summed E-state index contributed by atoms with van der Waals surface area (Å²) in [5, 5.41) is 11.5. The van der Waals surface area contributed by atoms with Gasteiger partial charge in [0.25, 0.3) is 5.91 Å². The topological polar surface area (TPSA) is 62.7 Å². The lowest BCUT2D eigenvalue weighted by atomic mass is 10.1. The molecule has 5 nitrogen and oxygen atoms in total. The van der Waals surface area contributed by atoms with Gasteiger partial charge in [0.05, 0.1) is 24.3 Å². The van der Waals surface area contributed by atoms with Crippen molar-refractivity contribution in [2.24, 2.45) is 0 Å². The molecule has 2 heterocycles. The lowest BCUT2D eigenvalue weighted by Gasteiger charge is -2.14. The standard InChI is InChI=1S/C17H16N2O3S3/c1-22-13-4-2-11(3-5-13)6-7-19-16(21)14(25-17(19)23)8-15-18-12(9-20)10-24-15/h2-5,8,10,20H,6-7,9H2,1H3/b14-8-. The fraction of sp³-hybridized carbons (Fsp3) is 0.235. The van der Waals surface area contributed by atoms with Gasteiger partial charge >= 0.3 is 0 Å². The predicted molar refractivity (Wildman–Crippen MR) is 105 cm³/mol. The normalized spacial score (nSPS) is 16.1. The zero-order valence-electron chi connectivity index (χ0n) is 13.5. The number of amides is 1. The van der Waals surface area contributed by atoms with Crippen molar-refractivity contribution < 1.29 is 14.6 Å². The Morgan fingerprint density at radius 2 is 2.12 bits per heavy atom. The average molecular weight is 393 g/mol. The summed E-state index contributed by atoms with van der Waals surface area (Å²) in [7, 11) is 1.63. The molecule has 0 spiro atoms. The quantitative estimate of drug-likeness (QED) is 0.602. The maximum absolute atomic E-state index is 12.6. The average Bonchev–Trinajstić information content (AvgIpc) is 3.19. The first kappa shape index (κ1) is 18.1. The minimum Gasteiger partial charge on any atom is -0.497 e. The van der Waals surface area contributed by atoms with Crippen molar-refractivity contribution >= 4 is 51.6 Å². The second-order valence-electron chi connectivity index (χ2n) is 5.27. The van der Waals surface area contributed by atoms with Crippen molar-refractivity contribution in [1.29, 1.82) is 0 Å². The van der Waals surface area contributed by atoms with Gasteiger partial charge in [-0.15, -0.1) is 11.3 Å². The van der Waals surface area contributed by atoms with Crippen LogP contribution in [-0.4, -0.2) is 38.9 Å². The van der Waals surface area contributed by atoms with Gasteiger partial charge in [-0.2, -0.15) is 0 Å². The van der Waals surface area contributed by atoms with E-state index < -0.39 is 0 Å². The molecule has 1 fully saturated rings. The van der Waals surface area contributed by atoms with E-state index >= 15 is 0 Å². The molecule has 1 N–H and O–H groups in total. The number of benzene rings is 1. The molecule has 0 aliphatic carbocycles. The molecule has 0 atom stereocenters. The number of aliphatic hydroxyl groups is 1. The Balaban J connectivity index is 1.66. The highest BCUT2D eigenvalue weighted by atomic mass is 32.2. The number of carbonyl (C=O) groups excluding carboxylic acids is 1. The molecule has 2 aromatic rings. The summed E-state index contributed by atoms with van der Waals surface area (Å²) < 4.78 is 5.70. The van der Waals surface area contributed by atoms with E-state index in [0.29, 0.717) is 26.5 Å². The van der Waals surface area contributed by atoms with E-state index in [1.54, 1.807) is 23.5 Å². The van der Waals surface area contributed by atoms with Crippen molar-refractivity contribution in [3.05, 3.63) is 50.8 Å². The first-order chi connectivity index (χ1) is 12.1. The molecule has 25 heavy (non-hydrogen) atoms. The van der Waals surface area contributed by atoms with Gasteiger partial charge in [0.2, 0.25) is 0 Å². The lowest BCUT2D eigenvalue weighted by Crippen LogP contribution is -2.30. The van der Waals surface area contributed by atoms with Crippen molar-refractivity contribution in [2.45, 2.75) is 13.0 Å². The Morgan fingerprint density at radius 3 is 2.76 bits per heavy atom. The van der Waals surface area contributed by atoms with Crippen LogP contribution >= 0.6 is 35.3 Å². The molecule has 3 rings (SSSR count). The van der Waals surface area contributed by atoms with Crippen LogP contribution in [0.4, 0.5) is 0 Å². The van der Waals surface area contributed by atoms with Crippen LogP contribution in [0.1, 0.15) is 16.3 Å². The number of hydrogen-bond donors (Lipinski definition) is 1. The monoisotopic (exact) mass is 392 g/mol. The van der Waals surface area contributed by atoms with E-state index in [9.17, 15) is 4.79 Å². The third kappa shape index (κ3) is 4.27. The molecule has 1 amide bonds. The molecule has 8 heteroatoms. The molecule has 1 aliphatic heterocycles. The number of rotatable bonds is 6. The van der Waals surface area contributed by atoms with Crippen molar-refractivity contribution in [3.8, 4) is 5.75 Å². The predicted octanol–water partition coefficient (Wildman–Crippen LogP) is 3.09. The summed E-state index contributed by atoms with van der Waals surface area (Å²) in [5.74, 6) is 0.715. The van der Waals surface area contributed by atoms with Crippen LogP contribution in [0.2, 0.25) is 0 Å². The minimum atomic E-state index is -0.104. The number of thiocarbonyl (C=S) groups is 1. The summed E-state index contributed by atoms with van der Waals surface area (Å²) in [6.45, 7) is 0.432. The molecule has 0 bridgehead atoms. The first-order valence-electron chi connectivity index (χ1n) is 7.54. The summed E-state index contributed by atoms with van der Waals surface area (Å²) in [5.41, 5.74) is 1.72. The van der Waals surface area contributed by atoms with Gasteiger partial charge in [0.15, 0.2) is 0 Å². The number of nitrogens with zero attached hydrogens (tertiary/aromatic N) is 2. The Labute approximate surface area is 159 Å². The molecule has 130 valence electrons. The van der Waals surface area contributed by atoms with Gasteiger partial charge in [-0.3, -0.25) is 9.69 Å². The van der Waals surface area contributed by atoms with Crippen LogP contribution in [0.15, 0.2) is 34.6 Å². The van der Waals surface area contributed by atoms with Crippen LogP contribution < -0.4 is 4.74 Å². The Kier molecular flexibility index (Phi) is 5.85. The SMILES string of the molecule is COc1ccc(CCN2C(=O)/C(=C/c3nc(CO)cs3)SC2=S)cc1. The number of thiazole rings is 1. The van der Waals surface area contributed by atoms with Gasteiger partial charge in [-0.25, -0.2) is 4.98 Å². The van der Waals surface area contributed by atoms with E-state index in [-0.39, 0.29) is 12.5 Å². The van der Waals surface area contributed by atoms with E-state index in [1.807, 2.05) is 24.3 Å². The fourth-order valence-corrected chi connectivity index (χ4v) is 4.40. The molecular formula is C17H16N2O3S3. The first-order valence-corrected chi connectivity index (χ1v) is 9.64. The largest absolute Gasteiger partial charge is 0.497 e. The van der Waals surface area contributed by atoms with E-state index in [1.165, 1.54) is 23.1 Å². The third-order valence-corrected chi connectivity index (χ3v) is 5.86. The van der Waals surface area contributed by atoms with Gasteiger partial charge < -0.3 is 9.84 Å². The number of aliphatic hydroxyl groups excluding tert-OH is 1.